The van der Waals surface area contributed by atoms with Gasteiger partial charge in [-0.25, -0.2) is 4.39 Å². The number of hydrogen-bond donors (Lipinski definition) is 2. The first-order chi connectivity index (χ1) is 9.97. The third-order valence-electron chi connectivity index (χ3n) is 4.36. The van der Waals surface area contributed by atoms with Crippen molar-refractivity contribution in [3.8, 4) is 0 Å². The minimum absolute atomic E-state index is 0.205. The van der Waals surface area contributed by atoms with Crippen LogP contribution in [0.4, 0.5) is 4.39 Å². The van der Waals surface area contributed by atoms with Crippen molar-refractivity contribution in [2.75, 3.05) is 0 Å². The first-order valence-electron chi connectivity index (χ1n) is 7.01. The second-order valence-corrected chi connectivity index (χ2v) is 5.88. The van der Waals surface area contributed by atoms with Crippen LogP contribution >= 0.6 is 0 Å². The van der Waals surface area contributed by atoms with Gasteiger partial charge in [-0.3, -0.25) is 9.59 Å². The number of rotatable bonds is 3. The van der Waals surface area contributed by atoms with Gasteiger partial charge in [0, 0.05) is 28.6 Å². The molecule has 2 aromatic rings. The number of carboxylic acids is 1. The number of Topliss-reactive ketones (excluding diaryl/α,β-unsaturated/α-hetero) is 1. The molecule has 3 atom stereocenters. The molecule has 0 aliphatic heterocycles. The van der Waals surface area contributed by atoms with Crippen molar-refractivity contribution in [1.29, 1.82) is 0 Å². The van der Waals surface area contributed by atoms with E-state index >= 15 is 0 Å². The lowest BCUT2D eigenvalue weighted by atomic mass is 9.88. The number of fused-ring (bicyclic) bond motifs is 1. The summed E-state index contributed by atoms with van der Waals surface area (Å²) in [6.45, 7) is 1.96. The Kier molecular flexibility index (Phi) is 3.27. The number of ketones is 1. The molecule has 2 N–H and O–H groups in total. The highest BCUT2D eigenvalue weighted by Crippen LogP contribution is 2.39. The number of carbonyl (C=O) groups excluding carboxylic acids is 1. The first kappa shape index (κ1) is 13.8. The maximum absolute atomic E-state index is 13.4. The van der Waals surface area contributed by atoms with Crippen molar-refractivity contribution in [1.82, 2.24) is 4.98 Å². The molecule has 110 valence electrons. The lowest BCUT2D eigenvalue weighted by Gasteiger charge is -2.13. The number of nitrogens with one attached hydrogen (secondary N) is 1. The normalized spacial score (nSPS) is 25.3. The van der Waals surface area contributed by atoms with Crippen LogP contribution in [0.5, 0.6) is 0 Å². The molecule has 4 nitrogen and oxygen atoms in total. The van der Waals surface area contributed by atoms with Crippen molar-refractivity contribution in [2.45, 2.75) is 19.8 Å². The Bertz CT molecular complexity index is 721. The van der Waals surface area contributed by atoms with E-state index in [1.807, 2.05) is 6.92 Å². The Labute approximate surface area is 121 Å². The van der Waals surface area contributed by atoms with Crippen LogP contribution < -0.4 is 0 Å². The van der Waals surface area contributed by atoms with Gasteiger partial charge in [0.25, 0.3) is 0 Å². The van der Waals surface area contributed by atoms with Crippen LogP contribution in [-0.4, -0.2) is 21.8 Å². The smallest absolute Gasteiger partial charge is 0.307 e. The SMILES string of the molecule is CC1CC(C(=O)O)C(C(=O)c2c[nH]c3ccc(F)cc23)C1. The Balaban J connectivity index is 2.00. The first-order valence-corrected chi connectivity index (χ1v) is 7.01. The number of hydrogen-bond acceptors (Lipinski definition) is 2. The Morgan fingerprint density at radius 3 is 2.71 bits per heavy atom. The Morgan fingerprint density at radius 1 is 1.29 bits per heavy atom. The predicted molar refractivity (Wildman–Crippen MR) is 75.6 cm³/mol. The number of H-pyrrole nitrogens is 1. The molecule has 1 aromatic carbocycles. The zero-order chi connectivity index (χ0) is 15.1. The standard InChI is InChI=1S/C16H16FNO3/c1-8-4-11(12(5-8)16(20)21)15(19)13-7-18-14-3-2-9(17)6-10(13)14/h2-3,6-8,11-12,18H,4-5H2,1H3,(H,20,21). The van der Waals surface area contributed by atoms with E-state index in [1.54, 1.807) is 12.3 Å². The van der Waals surface area contributed by atoms with Crippen molar-refractivity contribution in [2.24, 2.45) is 17.8 Å². The van der Waals surface area contributed by atoms with Gasteiger partial charge in [0.05, 0.1) is 5.92 Å². The molecule has 1 saturated carbocycles. The highest BCUT2D eigenvalue weighted by molar-refractivity contribution is 6.10. The van der Waals surface area contributed by atoms with E-state index in [0.717, 1.165) is 0 Å². The van der Waals surface area contributed by atoms with E-state index < -0.39 is 23.6 Å². The largest absolute Gasteiger partial charge is 0.481 e. The van der Waals surface area contributed by atoms with Gasteiger partial charge in [-0.05, 0) is 37.0 Å². The minimum Gasteiger partial charge on any atom is -0.481 e. The van der Waals surface area contributed by atoms with Crippen LogP contribution in [0.25, 0.3) is 10.9 Å². The summed E-state index contributed by atoms with van der Waals surface area (Å²) >= 11 is 0. The van der Waals surface area contributed by atoms with Gasteiger partial charge in [0.2, 0.25) is 0 Å². The van der Waals surface area contributed by atoms with Crippen molar-refractivity contribution >= 4 is 22.7 Å². The third-order valence-corrected chi connectivity index (χ3v) is 4.36. The lowest BCUT2D eigenvalue weighted by Crippen LogP contribution is -2.25. The topological polar surface area (TPSA) is 70.2 Å². The third kappa shape index (κ3) is 2.33. The van der Waals surface area contributed by atoms with Crippen molar-refractivity contribution in [3.05, 3.63) is 35.8 Å². The highest BCUT2D eigenvalue weighted by atomic mass is 19.1. The van der Waals surface area contributed by atoms with Gasteiger partial charge >= 0.3 is 5.97 Å². The van der Waals surface area contributed by atoms with E-state index in [9.17, 15) is 19.1 Å². The summed E-state index contributed by atoms with van der Waals surface area (Å²) in [4.78, 5) is 27.0. The molecule has 3 unspecified atom stereocenters. The summed E-state index contributed by atoms with van der Waals surface area (Å²) in [5.74, 6) is -2.51. The van der Waals surface area contributed by atoms with E-state index in [1.165, 1.54) is 12.1 Å². The van der Waals surface area contributed by atoms with Gasteiger partial charge in [0.15, 0.2) is 5.78 Å². The maximum atomic E-state index is 13.4. The Hall–Kier alpha value is -2.17. The van der Waals surface area contributed by atoms with Crippen LogP contribution in [0, 0.1) is 23.6 Å². The van der Waals surface area contributed by atoms with Crippen LogP contribution in [-0.2, 0) is 4.79 Å². The predicted octanol–water partition coefficient (Wildman–Crippen LogP) is 3.24. The second-order valence-electron chi connectivity index (χ2n) is 5.88. The average molecular weight is 289 g/mol. The van der Waals surface area contributed by atoms with Gasteiger partial charge in [0.1, 0.15) is 5.82 Å². The number of halogens is 1. The molecule has 1 heterocycles. The van der Waals surface area contributed by atoms with E-state index in [2.05, 4.69) is 4.98 Å². The van der Waals surface area contributed by atoms with Crippen LogP contribution in [0.15, 0.2) is 24.4 Å². The summed E-state index contributed by atoms with van der Waals surface area (Å²) in [5, 5.41) is 9.80. The maximum Gasteiger partial charge on any atom is 0.307 e. The molecule has 0 amide bonds. The van der Waals surface area contributed by atoms with E-state index in [0.29, 0.717) is 29.3 Å². The fraction of sp³-hybridized carbons (Fsp3) is 0.375. The fourth-order valence-electron chi connectivity index (χ4n) is 3.35. The monoisotopic (exact) mass is 289 g/mol. The summed E-state index contributed by atoms with van der Waals surface area (Å²) in [7, 11) is 0. The van der Waals surface area contributed by atoms with E-state index in [-0.39, 0.29) is 11.7 Å². The molecule has 21 heavy (non-hydrogen) atoms. The molecule has 1 fully saturated rings. The molecule has 0 saturated heterocycles. The summed E-state index contributed by atoms with van der Waals surface area (Å²) in [6.07, 6.45) is 2.63. The quantitative estimate of drug-likeness (QED) is 0.852. The number of carboxylic acid groups (broad SMARTS) is 1. The molecule has 0 bridgehead atoms. The lowest BCUT2D eigenvalue weighted by molar-refractivity contribution is -0.142. The van der Waals surface area contributed by atoms with Crippen molar-refractivity contribution < 1.29 is 19.1 Å². The van der Waals surface area contributed by atoms with Crippen molar-refractivity contribution in [3.63, 3.8) is 0 Å². The number of aliphatic carboxylic acids is 1. The van der Waals surface area contributed by atoms with Gasteiger partial charge < -0.3 is 10.1 Å². The summed E-state index contributed by atoms with van der Waals surface area (Å²) in [5.41, 5.74) is 1.06. The van der Waals surface area contributed by atoms with Gasteiger partial charge in [-0.15, -0.1) is 0 Å². The number of carbonyl (C=O) groups is 2. The number of aromatic nitrogens is 1. The summed E-state index contributed by atoms with van der Waals surface area (Å²) < 4.78 is 13.4. The molecule has 0 spiro atoms. The molecule has 1 aliphatic carbocycles. The molecule has 5 heteroatoms. The summed E-state index contributed by atoms with van der Waals surface area (Å²) in [6, 6.07) is 4.21. The number of aromatic amines is 1. The molecule has 1 aliphatic rings. The average Bonchev–Trinajstić information content (AvgIpc) is 3.01. The van der Waals surface area contributed by atoms with Crippen LogP contribution in [0.3, 0.4) is 0 Å². The second kappa shape index (κ2) is 4.98. The highest BCUT2D eigenvalue weighted by Gasteiger charge is 2.41. The molecule has 1 aromatic heterocycles. The van der Waals surface area contributed by atoms with Crippen LogP contribution in [0.2, 0.25) is 0 Å². The van der Waals surface area contributed by atoms with Gasteiger partial charge in [-0.2, -0.15) is 0 Å². The zero-order valence-corrected chi connectivity index (χ0v) is 11.6. The van der Waals surface area contributed by atoms with E-state index in [4.69, 9.17) is 0 Å². The zero-order valence-electron chi connectivity index (χ0n) is 11.6. The fourth-order valence-corrected chi connectivity index (χ4v) is 3.35. The minimum atomic E-state index is -0.927. The van der Waals surface area contributed by atoms with Gasteiger partial charge in [-0.1, -0.05) is 6.92 Å². The molecular formula is C16H16FNO3. The van der Waals surface area contributed by atoms with Crippen LogP contribution in [0.1, 0.15) is 30.1 Å². The molecular weight excluding hydrogens is 273 g/mol. The molecule has 0 radical (unpaired) electrons. The molecule has 3 rings (SSSR count). The number of benzene rings is 1. The Morgan fingerprint density at radius 2 is 2.00 bits per heavy atom.